The summed E-state index contributed by atoms with van der Waals surface area (Å²) in [5.74, 6) is 2.88. The summed E-state index contributed by atoms with van der Waals surface area (Å²) in [4.78, 5) is 9.11. The van der Waals surface area contributed by atoms with Gasteiger partial charge in [-0.3, -0.25) is 0 Å². The Labute approximate surface area is 180 Å². The van der Waals surface area contributed by atoms with Crippen molar-refractivity contribution in [2.24, 2.45) is 17.6 Å². The molecule has 2 aromatic carbocycles. The molecule has 0 aliphatic heterocycles. The summed E-state index contributed by atoms with van der Waals surface area (Å²) in [6.45, 7) is 2.45. The van der Waals surface area contributed by atoms with Crippen LogP contribution in [0, 0.1) is 11.8 Å². The van der Waals surface area contributed by atoms with E-state index in [1.165, 1.54) is 42.0 Å². The molecule has 1 aliphatic rings. The van der Waals surface area contributed by atoms with Gasteiger partial charge in [-0.15, -0.1) is 0 Å². The van der Waals surface area contributed by atoms with Crippen molar-refractivity contribution in [3.05, 3.63) is 58.7 Å². The molecule has 0 radical (unpaired) electrons. The van der Waals surface area contributed by atoms with Gasteiger partial charge in [-0.2, -0.15) is 4.98 Å². The average Bonchev–Trinajstić information content (AvgIpc) is 2.78. The molecule has 29 heavy (non-hydrogen) atoms. The second-order valence-electron chi connectivity index (χ2n) is 7.89. The molecule has 6 heteroatoms. The van der Waals surface area contributed by atoms with Gasteiger partial charge >= 0.3 is 0 Å². The van der Waals surface area contributed by atoms with Gasteiger partial charge in [-0.05, 0) is 76.3 Å². The Morgan fingerprint density at radius 2 is 1.72 bits per heavy atom. The molecule has 0 amide bonds. The SMILES string of the molecule is NCC1CCC(CNc2nc(NCc3cccc4ccccc34)ncc2Br)CC1. The Hall–Kier alpha value is -2.18. The number of benzene rings is 2. The predicted octanol–water partition coefficient (Wildman–Crippen LogP) is 5.18. The van der Waals surface area contributed by atoms with E-state index in [0.717, 1.165) is 23.4 Å². The minimum Gasteiger partial charge on any atom is -0.369 e. The van der Waals surface area contributed by atoms with Gasteiger partial charge in [-0.25, -0.2) is 4.98 Å². The number of halogens is 1. The summed E-state index contributed by atoms with van der Waals surface area (Å²) in [7, 11) is 0. The van der Waals surface area contributed by atoms with Crippen LogP contribution in [0.3, 0.4) is 0 Å². The Bertz CT molecular complexity index is 948. The number of anilines is 2. The summed E-state index contributed by atoms with van der Waals surface area (Å²) in [5.41, 5.74) is 7.04. The molecule has 1 aliphatic carbocycles. The molecule has 0 bridgehead atoms. The summed E-state index contributed by atoms with van der Waals surface area (Å²) in [6.07, 6.45) is 6.77. The normalized spacial score (nSPS) is 19.2. The first kappa shape index (κ1) is 20.1. The van der Waals surface area contributed by atoms with Gasteiger partial charge in [0.05, 0.1) is 4.47 Å². The van der Waals surface area contributed by atoms with E-state index in [4.69, 9.17) is 5.73 Å². The quantitative estimate of drug-likeness (QED) is 0.459. The first-order valence-electron chi connectivity index (χ1n) is 10.4. The number of hydrogen-bond acceptors (Lipinski definition) is 5. The van der Waals surface area contributed by atoms with E-state index in [-0.39, 0.29) is 0 Å². The van der Waals surface area contributed by atoms with Crippen LogP contribution >= 0.6 is 15.9 Å². The molecule has 4 N–H and O–H groups in total. The standard InChI is InChI=1S/C23H28BrN5/c24-21-15-28-23(27-14-19-6-3-5-18-4-1-2-7-20(18)19)29-22(21)26-13-17-10-8-16(12-25)9-11-17/h1-7,15-17H,8-14,25H2,(H2,26,27,28,29). The lowest BCUT2D eigenvalue weighted by Gasteiger charge is -2.27. The number of aromatic nitrogens is 2. The van der Waals surface area contributed by atoms with E-state index in [2.05, 4.69) is 79.0 Å². The van der Waals surface area contributed by atoms with E-state index in [1.54, 1.807) is 0 Å². The summed E-state index contributed by atoms with van der Waals surface area (Å²) in [5, 5.41) is 9.39. The van der Waals surface area contributed by atoms with Crippen LogP contribution in [-0.2, 0) is 6.54 Å². The lowest BCUT2D eigenvalue weighted by molar-refractivity contribution is 0.289. The van der Waals surface area contributed by atoms with E-state index >= 15 is 0 Å². The minimum absolute atomic E-state index is 0.635. The van der Waals surface area contributed by atoms with Gasteiger partial charge in [0, 0.05) is 19.3 Å². The van der Waals surface area contributed by atoms with E-state index in [0.29, 0.717) is 24.3 Å². The van der Waals surface area contributed by atoms with Crippen LogP contribution in [0.4, 0.5) is 11.8 Å². The largest absolute Gasteiger partial charge is 0.369 e. The van der Waals surface area contributed by atoms with Crippen molar-refractivity contribution in [1.82, 2.24) is 9.97 Å². The minimum atomic E-state index is 0.635. The molecule has 1 heterocycles. The van der Waals surface area contributed by atoms with Gasteiger partial charge in [-0.1, -0.05) is 42.5 Å². The number of hydrogen-bond donors (Lipinski definition) is 3. The molecule has 0 saturated heterocycles. The number of nitrogens with zero attached hydrogens (tertiary/aromatic N) is 2. The molecular weight excluding hydrogens is 426 g/mol. The number of fused-ring (bicyclic) bond motifs is 1. The van der Waals surface area contributed by atoms with Crippen molar-refractivity contribution in [3.8, 4) is 0 Å². The van der Waals surface area contributed by atoms with E-state index in [9.17, 15) is 0 Å². The Balaban J connectivity index is 1.38. The van der Waals surface area contributed by atoms with Crippen LogP contribution < -0.4 is 16.4 Å². The molecule has 1 saturated carbocycles. The van der Waals surface area contributed by atoms with Gasteiger partial charge in [0.1, 0.15) is 5.82 Å². The van der Waals surface area contributed by atoms with Crippen LogP contribution in [0.2, 0.25) is 0 Å². The third-order valence-corrected chi connectivity index (χ3v) is 6.50. The molecule has 0 unspecified atom stereocenters. The molecular formula is C23H28BrN5. The third kappa shape index (κ3) is 5.06. The highest BCUT2D eigenvalue weighted by molar-refractivity contribution is 9.10. The highest BCUT2D eigenvalue weighted by Gasteiger charge is 2.20. The summed E-state index contributed by atoms with van der Waals surface area (Å²) < 4.78 is 0.892. The van der Waals surface area contributed by atoms with Crippen molar-refractivity contribution in [2.45, 2.75) is 32.2 Å². The van der Waals surface area contributed by atoms with Gasteiger partial charge in [0.2, 0.25) is 5.95 Å². The molecule has 0 spiro atoms. The highest BCUT2D eigenvalue weighted by atomic mass is 79.9. The summed E-state index contributed by atoms with van der Waals surface area (Å²) in [6, 6.07) is 14.8. The second-order valence-corrected chi connectivity index (χ2v) is 8.74. The zero-order valence-corrected chi connectivity index (χ0v) is 18.2. The van der Waals surface area contributed by atoms with Gasteiger partial charge in [0.15, 0.2) is 0 Å². The maximum atomic E-state index is 5.81. The smallest absolute Gasteiger partial charge is 0.224 e. The third-order valence-electron chi connectivity index (χ3n) is 5.92. The maximum Gasteiger partial charge on any atom is 0.224 e. The zero-order chi connectivity index (χ0) is 20.1. The molecule has 5 nitrogen and oxygen atoms in total. The number of rotatable bonds is 7. The summed E-state index contributed by atoms with van der Waals surface area (Å²) >= 11 is 3.57. The van der Waals surface area contributed by atoms with Gasteiger partial charge < -0.3 is 16.4 Å². The number of nitrogens with two attached hydrogens (primary N) is 1. The van der Waals surface area contributed by atoms with Crippen molar-refractivity contribution >= 4 is 38.5 Å². The zero-order valence-electron chi connectivity index (χ0n) is 16.6. The molecule has 152 valence electrons. The topological polar surface area (TPSA) is 75.9 Å². The predicted molar refractivity (Wildman–Crippen MR) is 124 cm³/mol. The highest BCUT2D eigenvalue weighted by Crippen LogP contribution is 2.29. The van der Waals surface area contributed by atoms with E-state index in [1.807, 2.05) is 6.20 Å². The van der Waals surface area contributed by atoms with Crippen LogP contribution in [0.25, 0.3) is 10.8 Å². The monoisotopic (exact) mass is 453 g/mol. The Kier molecular flexibility index (Phi) is 6.62. The average molecular weight is 454 g/mol. The molecule has 0 atom stereocenters. The molecule has 4 rings (SSSR count). The number of nitrogens with one attached hydrogen (secondary N) is 2. The van der Waals surface area contributed by atoms with Gasteiger partial charge in [0.25, 0.3) is 0 Å². The first-order valence-corrected chi connectivity index (χ1v) is 11.2. The fourth-order valence-electron chi connectivity index (χ4n) is 4.11. The van der Waals surface area contributed by atoms with Crippen molar-refractivity contribution in [2.75, 3.05) is 23.7 Å². The Morgan fingerprint density at radius 1 is 0.966 bits per heavy atom. The fraction of sp³-hybridized carbons (Fsp3) is 0.391. The lowest BCUT2D eigenvalue weighted by atomic mass is 9.82. The molecule has 1 aromatic heterocycles. The van der Waals surface area contributed by atoms with Crippen molar-refractivity contribution in [3.63, 3.8) is 0 Å². The lowest BCUT2D eigenvalue weighted by Crippen LogP contribution is -2.25. The van der Waals surface area contributed by atoms with Crippen molar-refractivity contribution < 1.29 is 0 Å². The fourth-order valence-corrected chi connectivity index (χ4v) is 4.44. The van der Waals surface area contributed by atoms with Crippen LogP contribution in [0.5, 0.6) is 0 Å². The van der Waals surface area contributed by atoms with Crippen LogP contribution in [0.15, 0.2) is 53.1 Å². The molecule has 3 aromatic rings. The van der Waals surface area contributed by atoms with Crippen molar-refractivity contribution in [1.29, 1.82) is 0 Å². The van der Waals surface area contributed by atoms with Crippen LogP contribution in [-0.4, -0.2) is 23.1 Å². The van der Waals surface area contributed by atoms with E-state index < -0.39 is 0 Å². The Morgan fingerprint density at radius 3 is 2.55 bits per heavy atom. The maximum absolute atomic E-state index is 5.81. The van der Waals surface area contributed by atoms with Crippen LogP contribution in [0.1, 0.15) is 31.2 Å². The second kappa shape index (κ2) is 9.55. The first-order chi connectivity index (χ1) is 14.2. The molecule has 1 fully saturated rings.